The van der Waals surface area contributed by atoms with Crippen molar-refractivity contribution in [3.63, 3.8) is 0 Å². The number of hydrogen-bond acceptors (Lipinski definition) is 4. The summed E-state index contributed by atoms with van der Waals surface area (Å²) in [5.41, 5.74) is 4.85. The lowest BCUT2D eigenvalue weighted by Crippen LogP contribution is -2.23. The summed E-state index contributed by atoms with van der Waals surface area (Å²) in [5.74, 6) is -0.105. The molecule has 0 aliphatic carbocycles. The highest BCUT2D eigenvalue weighted by molar-refractivity contribution is 7.99. The number of aryl methyl sites for hydroxylation is 2. The molecule has 0 saturated heterocycles. The van der Waals surface area contributed by atoms with Crippen LogP contribution < -0.4 is 10.9 Å². The molecule has 0 bridgehead atoms. The molecule has 32 heavy (non-hydrogen) atoms. The Hall–Kier alpha value is -3.09. The molecule has 3 aromatic carbocycles. The van der Waals surface area contributed by atoms with Crippen LogP contribution in [0.5, 0.6) is 0 Å². The molecular formula is C25H22ClN3O2S. The summed E-state index contributed by atoms with van der Waals surface area (Å²) < 4.78 is 1.60. The van der Waals surface area contributed by atoms with Crippen molar-refractivity contribution in [1.29, 1.82) is 0 Å². The topological polar surface area (TPSA) is 64.0 Å². The number of nitrogens with one attached hydrogen (secondary N) is 1. The molecule has 0 spiro atoms. The van der Waals surface area contributed by atoms with Crippen LogP contribution in [0, 0.1) is 20.8 Å². The Morgan fingerprint density at radius 1 is 1.03 bits per heavy atom. The highest BCUT2D eigenvalue weighted by Crippen LogP contribution is 2.25. The fourth-order valence-corrected chi connectivity index (χ4v) is 4.38. The molecule has 0 aliphatic rings. The lowest BCUT2D eigenvalue weighted by Gasteiger charge is -2.16. The standard InChI is InChI=1S/C25H22ClN3O2S/c1-15-7-6-10-22(17(15)3)29-24(31)19-8-4-5-9-21(19)28-25(29)32-14-23(30)27-18-12-11-16(2)20(26)13-18/h4-13H,14H2,1-3H3,(H,27,30). The molecule has 1 heterocycles. The van der Waals surface area contributed by atoms with Gasteiger partial charge in [0, 0.05) is 10.7 Å². The molecule has 7 heteroatoms. The Morgan fingerprint density at radius 3 is 2.59 bits per heavy atom. The minimum absolute atomic E-state index is 0.0984. The van der Waals surface area contributed by atoms with Gasteiger partial charge in [0.2, 0.25) is 5.91 Å². The van der Waals surface area contributed by atoms with Crippen LogP contribution in [0.15, 0.2) is 70.6 Å². The van der Waals surface area contributed by atoms with Gasteiger partial charge >= 0.3 is 0 Å². The molecule has 4 rings (SSSR count). The van der Waals surface area contributed by atoms with Crippen molar-refractivity contribution in [1.82, 2.24) is 9.55 Å². The predicted octanol–water partition coefficient (Wildman–Crippen LogP) is 5.70. The van der Waals surface area contributed by atoms with Gasteiger partial charge in [0.1, 0.15) is 0 Å². The van der Waals surface area contributed by atoms with Crippen LogP contribution in [0.2, 0.25) is 5.02 Å². The van der Waals surface area contributed by atoms with Crippen LogP contribution in [0.1, 0.15) is 16.7 Å². The number of hydrogen-bond donors (Lipinski definition) is 1. The first-order valence-corrected chi connectivity index (χ1v) is 11.5. The van der Waals surface area contributed by atoms with Crippen molar-refractivity contribution < 1.29 is 4.79 Å². The maximum absolute atomic E-state index is 13.4. The lowest BCUT2D eigenvalue weighted by atomic mass is 10.1. The van der Waals surface area contributed by atoms with Crippen molar-refractivity contribution in [3.05, 3.63) is 92.7 Å². The number of halogens is 1. The molecule has 4 aromatic rings. The van der Waals surface area contributed by atoms with E-state index in [-0.39, 0.29) is 17.2 Å². The van der Waals surface area contributed by atoms with E-state index >= 15 is 0 Å². The Bertz CT molecular complexity index is 1400. The highest BCUT2D eigenvalue weighted by Gasteiger charge is 2.16. The van der Waals surface area contributed by atoms with E-state index in [1.54, 1.807) is 16.7 Å². The minimum atomic E-state index is -0.204. The van der Waals surface area contributed by atoms with Crippen molar-refractivity contribution >= 4 is 45.9 Å². The van der Waals surface area contributed by atoms with Crippen molar-refractivity contribution in [3.8, 4) is 5.69 Å². The summed E-state index contributed by atoms with van der Waals surface area (Å²) in [5, 5.41) is 4.46. The zero-order valence-corrected chi connectivity index (χ0v) is 19.6. The molecule has 162 valence electrons. The number of rotatable bonds is 5. The summed E-state index contributed by atoms with van der Waals surface area (Å²) in [4.78, 5) is 30.7. The largest absolute Gasteiger partial charge is 0.325 e. The van der Waals surface area contributed by atoms with Crippen LogP contribution in [-0.2, 0) is 4.79 Å². The second kappa shape index (κ2) is 9.18. The van der Waals surface area contributed by atoms with Gasteiger partial charge < -0.3 is 5.32 Å². The third kappa shape index (κ3) is 4.42. The predicted molar refractivity (Wildman–Crippen MR) is 132 cm³/mol. The highest BCUT2D eigenvalue weighted by atomic mass is 35.5. The van der Waals surface area contributed by atoms with E-state index in [4.69, 9.17) is 16.6 Å². The molecule has 0 unspecified atom stereocenters. The Labute approximate surface area is 195 Å². The van der Waals surface area contributed by atoms with Gasteiger partial charge in [0.25, 0.3) is 5.56 Å². The first-order chi connectivity index (χ1) is 15.3. The third-order valence-electron chi connectivity index (χ3n) is 5.35. The van der Waals surface area contributed by atoms with Gasteiger partial charge in [-0.05, 0) is 67.8 Å². The van der Waals surface area contributed by atoms with Crippen LogP contribution in [0.4, 0.5) is 5.69 Å². The van der Waals surface area contributed by atoms with Gasteiger partial charge in [-0.1, -0.05) is 53.7 Å². The van der Waals surface area contributed by atoms with Crippen LogP contribution in [0.3, 0.4) is 0 Å². The molecule has 1 aromatic heterocycles. The number of amides is 1. The first-order valence-electron chi connectivity index (χ1n) is 10.1. The van der Waals surface area contributed by atoms with Crippen molar-refractivity contribution in [2.75, 3.05) is 11.1 Å². The summed E-state index contributed by atoms with van der Waals surface area (Å²) in [7, 11) is 0. The third-order valence-corrected chi connectivity index (χ3v) is 6.70. The number of para-hydroxylation sites is 1. The maximum atomic E-state index is 13.4. The van der Waals surface area contributed by atoms with Crippen LogP contribution >= 0.6 is 23.4 Å². The molecule has 0 fully saturated rings. The molecule has 0 radical (unpaired) electrons. The second-order valence-corrected chi connectivity index (χ2v) is 8.92. The smallest absolute Gasteiger partial charge is 0.266 e. The number of benzene rings is 3. The number of thioether (sulfide) groups is 1. The monoisotopic (exact) mass is 463 g/mol. The molecule has 0 atom stereocenters. The SMILES string of the molecule is Cc1ccc(NC(=O)CSc2nc3ccccc3c(=O)n2-c2cccc(C)c2C)cc1Cl. The minimum Gasteiger partial charge on any atom is -0.325 e. The average Bonchev–Trinajstić information content (AvgIpc) is 2.77. The molecule has 1 amide bonds. The summed E-state index contributed by atoms with van der Waals surface area (Å²) >= 11 is 7.38. The quantitative estimate of drug-likeness (QED) is 0.305. The number of fused-ring (bicyclic) bond motifs is 1. The first kappa shape index (κ1) is 22.1. The van der Waals surface area contributed by atoms with Gasteiger partial charge in [-0.25, -0.2) is 4.98 Å². The van der Waals surface area contributed by atoms with Gasteiger partial charge in [-0.15, -0.1) is 0 Å². The van der Waals surface area contributed by atoms with Gasteiger partial charge in [-0.3, -0.25) is 14.2 Å². The fraction of sp³-hybridized carbons (Fsp3) is 0.160. The van der Waals surface area contributed by atoms with Gasteiger partial charge in [0.05, 0.1) is 22.3 Å². The average molecular weight is 464 g/mol. The number of carbonyl (C=O) groups excluding carboxylic acids is 1. The van der Waals surface area contributed by atoms with E-state index in [0.29, 0.717) is 26.8 Å². The van der Waals surface area contributed by atoms with Gasteiger partial charge in [0.15, 0.2) is 5.16 Å². The van der Waals surface area contributed by atoms with E-state index in [1.165, 1.54) is 11.8 Å². The molecule has 0 saturated carbocycles. The summed E-state index contributed by atoms with van der Waals surface area (Å²) in [6, 6.07) is 18.5. The number of anilines is 1. The Balaban J connectivity index is 1.70. The zero-order chi connectivity index (χ0) is 22.8. The van der Waals surface area contributed by atoms with E-state index in [1.807, 2.05) is 69.3 Å². The van der Waals surface area contributed by atoms with Crippen LogP contribution in [0.25, 0.3) is 16.6 Å². The number of aromatic nitrogens is 2. The summed E-state index contributed by atoms with van der Waals surface area (Å²) in [6.45, 7) is 5.89. The lowest BCUT2D eigenvalue weighted by molar-refractivity contribution is -0.113. The zero-order valence-electron chi connectivity index (χ0n) is 18.0. The molecular weight excluding hydrogens is 442 g/mol. The molecule has 1 N–H and O–H groups in total. The van der Waals surface area contributed by atoms with Crippen LogP contribution in [-0.4, -0.2) is 21.2 Å². The molecule has 0 aliphatic heterocycles. The van der Waals surface area contributed by atoms with Crippen molar-refractivity contribution in [2.45, 2.75) is 25.9 Å². The maximum Gasteiger partial charge on any atom is 0.266 e. The van der Waals surface area contributed by atoms with E-state index in [9.17, 15) is 9.59 Å². The normalized spacial score (nSPS) is 11.0. The number of nitrogens with zero attached hydrogens (tertiary/aromatic N) is 2. The Kier molecular flexibility index (Phi) is 6.35. The number of carbonyl (C=O) groups is 1. The second-order valence-electron chi connectivity index (χ2n) is 7.57. The fourth-order valence-electron chi connectivity index (χ4n) is 3.40. The van der Waals surface area contributed by atoms with Gasteiger partial charge in [-0.2, -0.15) is 0 Å². The summed E-state index contributed by atoms with van der Waals surface area (Å²) in [6.07, 6.45) is 0. The Morgan fingerprint density at radius 2 is 1.81 bits per heavy atom. The van der Waals surface area contributed by atoms with E-state index in [2.05, 4.69) is 5.32 Å². The molecule has 5 nitrogen and oxygen atoms in total. The van der Waals surface area contributed by atoms with E-state index < -0.39 is 0 Å². The van der Waals surface area contributed by atoms with E-state index in [0.717, 1.165) is 22.4 Å². The van der Waals surface area contributed by atoms with Crippen molar-refractivity contribution in [2.24, 2.45) is 0 Å².